The third-order valence-electron chi connectivity index (χ3n) is 2.99. The van der Waals surface area contributed by atoms with Crippen molar-refractivity contribution in [3.63, 3.8) is 0 Å². The van der Waals surface area contributed by atoms with E-state index in [9.17, 15) is 4.79 Å². The summed E-state index contributed by atoms with van der Waals surface area (Å²) in [6, 6.07) is 9.68. The third-order valence-corrected chi connectivity index (χ3v) is 3.77. The van der Waals surface area contributed by atoms with Crippen molar-refractivity contribution in [2.75, 3.05) is 17.2 Å². The molecule has 0 atom stereocenters. The van der Waals surface area contributed by atoms with Crippen LogP contribution >= 0.6 is 11.3 Å². The van der Waals surface area contributed by atoms with E-state index >= 15 is 0 Å². The Balaban J connectivity index is 1.50. The molecular weight excluding hydrogens is 258 g/mol. The van der Waals surface area contributed by atoms with Gasteiger partial charge in [0.05, 0.1) is 12.2 Å². The minimum absolute atomic E-state index is 0.0689. The number of amides is 1. The highest BCUT2D eigenvalue weighted by atomic mass is 32.1. The molecule has 0 unspecified atom stereocenters. The maximum absolute atomic E-state index is 11.8. The number of hydrogen-bond donors (Lipinski definition) is 2. The summed E-state index contributed by atoms with van der Waals surface area (Å²) in [6.45, 7) is 0.252. The lowest BCUT2D eigenvalue weighted by atomic mass is 10.3. The quantitative estimate of drug-likeness (QED) is 0.880. The first-order valence-corrected chi connectivity index (χ1v) is 7.23. The third kappa shape index (κ3) is 3.32. The Kier molecular flexibility index (Phi) is 3.46. The first kappa shape index (κ1) is 12.2. The van der Waals surface area contributed by atoms with Crippen LogP contribution in [-0.4, -0.2) is 17.4 Å². The van der Waals surface area contributed by atoms with Crippen molar-refractivity contribution >= 4 is 28.1 Å². The molecule has 1 aromatic heterocycles. The average Bonchev–Trinajstić information content (AvgIpc) is 3.19. The molecule has 1 amide bonds. The van der Waals surface area contributed by atoms with Crippen LogP contribution in [0.3, 0.4) is 0 Å². The number of carbonyl (C=O) groups is 1. The van der Waals surface area contributed by atoms with Crippen LogP contribution in [0.4, 0.5) is 10.8 Å². The molecule has 98 valence electrons. The van der Waals surface area contributed by atoms with Crippen LogP contribution in [-0.2, 0) is 4.79 Å². The predicted octanol–water partition coefficient (Wildman–Crippen LogP) is 3.07. The molecule has 1 heterocycles. The lowest BCUT2D eigenvalue weighted by molar-refractivity contribution is -0.114. The van der Waals surface area contributed by atoms with Crippen LogP contribution in [0.2, 0.25) is 0 Å². The van der Waals surface area contributed by atoms with Gasteiger partial charge in [0.15, 0.2) is 5.13 Å². The van der Waals surface area contributed by atoms with E-state index in [0.717, 1.165) is 11.4 Å². The van der Waals surface area contributed by atoms with E-state index in [1.54, 1.807) is 0 Å². The van der Waals surface area contributed by atoms with Crippen molar-refractivity contribution in [3.05, 3.63) is 41.4 Å². The lowest BCUT2D eigenvalue weighted by Gasteiger charge is -2.05. The summed E-state index contributed by atoms with van der Waals surface area (Å²) in [7, 11) is 0. The van der Waals surface area contributed by atoms with Crippen molar-refractivity contribution in [3.8, 4) is 0 Å². The maximum Gasteiger partial charge on any atom is 0.245 e. The van der Waals surface area contributed by atoms with Crippen LogP contribution in [0.25, 0.3) is 0 Å². The molecule has 3 rings (SSSR count). The van der Waals surface area contributed by atoms with Crippen LogP contribution in [0.1, 0.15) is 24.5 Å². The predicted molar refractivity (Wildman–Crippen MR) is 77.7 cm³/mol. The zero-order valence-corrected chi connectivity index (χ0v) is 11.2. The standard InChI is InChI=1S/C14H15N3OS/c18-13(8-15-11-4-2-1-3-5-11)17-14-16-12(9-19-14)10-6-7-10/h1-5,9-10,15H,6-8H2,(H,16,17,18). The fourth-order valence-corrected chi connectivity index (χ4v) is 2.62. The molecule has 2 N–H and O–H groups in total. The van der Waals surface area contributed by atoms with Crippen molar-refractivity contribution in [2.24, 2.45) is 0 Å². The number of nitrogens with zero attached hydrogens (tertiary/aromatic N) is 1. The number of thiazole rings is 1. The molecule has 1 aliphatic rings. The van der Waals surface area contributed by atoms with E-state index in [1.807, 2.05) is 35.7 Å². The van der Waals surface area contributed by atoms with E-state index in [-0.39, 0.29) is 12.5 Å². The molecule has 0 saturated heterocycles. The minimum atomic E-state index is -0.0689. The number of nitrogens with one attached hydrogen (secondary N) is 2. The van der Waals surface area contributed by atoms with Crippen molar-refractivity contribution in [2.45, 2.75) is 18.8 Å². The number of benzene rings is 1. The molecule has 1 saturated carbocycles. The van der Waals surface area contributed by atoms with Crippen molar-refractivity contribution in [1.82, 2.24) is 4.98 Å². The van der Waals surface area contributed by atoms with Gasteiger partial charge in [-0.3, -0.25) is 4.79 Å². The summed E-state index contributed by atoms with van der Waals surface area (Å²) in [5, 5.41) is 8.63. The minimum Gasteiger partial charge on any atom is -0.376 e. The molecule has 0 radical (unpaired) electrons. The zero-order chi connectivity index (χ0) is 13.1. The summed E-state index contributed by atoms with van der Waals surface area (Å²) in [5.41, 5.74) is 2.06. The number of anilines is 2. The van der Waals surface area contributed by atoms with Crippen molar-refractivity contribution in [1.29, 1.82) is 0 Å². The number of rotatable bonds is 5. The first-order valence-electron chi connectivity index (χ1n) is 6.35. The van der Waals surface area contributed by atoms with E-state index in [1.165, 1.54) is 24.2 Å². The monoisotopic (exact) mass is 273 g/mol. The second kappa shape index (κ2) is 5.40. The van der Waals surface area contributed by atoms with Gasteiger partial charge in [-0.25, -0.2) is 4.98 Å². The summed E-state index contributed by atoms with van der Waals surface area (Å²) in [4.78, 5) is 16.2. The fourth-order valence-electron chi connectivity index (χ4n) is 1.81. The van der Waals surface area contributed by atoms with Gasteiger partial charge in [-0.1, -0.05) is 18.2 Å². The molecule has 5 heteroatoms. The number of aromatic nitrogens is 1. The highest BCUT2D eigenvalue weighted by molar-refractivity contribution is 7.13. The van der Waals surface area contributed by atoms with Crippen LogP contribution in [0.5, 0.6) is 0 Å². The zero-order valence-electron chi connectivity index (χ0n) is 10.4. The van der Waals surface area contributed by atoms with Gasteiger partial charge in [0.25, 0.3) is 0 Å². The van der Waals surface area contributed by atoms with Gasteiger partial charge in [-0.2, -0.15) is 0 Å². The molecule has 0 spiro atoms. The Labute approximate surface area is 115 Å². The van der Waals surface area contributed by atoms with Crippen molar-refractivity contribution < 1.29 is 4.79 Å². The van der Waals surface area contributed by atoms with E-state index < -0.39 is 0 Å². The second-order valence-corrected chi connectivity index (χ2v) is 5.48. The fraction of sp³-hybridized carbons (Fsp3) is 0.286. The van der Waals surface area contributed by atoms with Crippen LogP contribution in [0.15, 0.2) is 35.7 Å². The molecule has 0 aliphatic heterocycles. The van der Waals surface area contributed by atoms with E-state index in [4.69, 9.17) is 0 Å². The molecule has 2 aromatic rings. The summed E-state index contributed by atoms with van der Waals surface area (Å²) in [5.74, 6) is 0.560. The normalized spacial score (nSPS) is 14.1. The Hall–Kier alpha value is -1.88. The molecular formula is C14H15N3OS. The summed E-state index contributed by atoms with van der Waals surface area (Å²) < 4.78 is 0. The molecule has 19 heavy (non-hydrogen) atoms. The van der Waals surface area contributed by atoms with Gasteiger partial charge >= 0.3 is 0 Å². The van der Waals surface area contributed by atoms with Gasteiger partial charge in [-0.05, 0) is 25.0 Å². The SMILES string of the molecule is O=C(CNc1ccccc1)Nc1nc(C2CC2)cs1. The number of para-hydroxylation sites is 1. The summed E-state index contributed by atoms with van der Waals surface area (Å²) in [6.07, 6.45) is 2.46. The van der Waals surface area contributed by atoms with Crippen LogP contribution < -0.4 is 10.6 Å². The second-order valence-electron chi connectivity index (χ2n) is 4.62. The van der Waals surface area contributed by atoms with Gasteiger partial charge in [0, 0.05) is 17.0 Å². The Morgan fingerprint density at radius 1 is 1.32 bits per heavy atom. The summed E-state index contributed by atoms with van der Waals surface area (Å²) >= 11 is 1.50. The highest BCUT2D eigenvalue weighted by Crippen LogP contribution is 2.40. The lowest BCUT2D eigenvalue weighted by Crippen LogP contribution is -2.21. The largest absolute Gasteiger partial charge is 0.376 e. The average molecular weight is 273 g/mol. The van der Waals surface area contributed by atoms with Gasteiger partial charge in [0.1, 0.15) is 0 Å². The smallest absolute Gasteiger partial charge is 0.245 e. The number of hydrogen-bond acceptors (Lipinski definition) is 4. The Morgan fingerprint density at radius 2 is 2.11 bits per heavy atom. The maximum atomic E-state index is 11.8. The van der Waals surface area contributed by atoms with E-state index in [2.05, 4.69) is 15.6 Å². The Morgan fingerprint density at radius 3 is 2.84 bits per heavy atom. The van der Waals surface area contributed by atoms with E-state index in [0.29, 0.717) is 11.0 Å². The van der Waals surface area contributed by atoms with Crippen LogP contribution in [0, 0.1) is 0 Å². The molecule has 1 fully saturated rings. The molecule has 0 bridgehead atoms. The molecule has 1 aromatic carbocycles. The first-order chi connectivity index (χ1) is 9.31. The van der Waals surface area contributed by atoms with Gasteiger partial charge in [-0.15, -0.1) is 11.3 Å². The van der Waals surface area contributed by atoms with Gasteiger partial charge in [0.2, 0.25) is 5.91 Å². The molecule has 1 aliphatic carbocycles. The molecule has 4 nitrogen and oxygen atoms in total. The Bertz CT molecular complexity index is 563. The van der Waals surface area contributed by atoms with Gasteiger partial charge < -0.3 is 10.6 Å². The highest BCUT2D eigenvalue weighted by Gasteiger charge is 2.26. The topological polar surface area (TPSA) is 54.0 Å². The number of carbonyl (C=O) groups excluding carboxylic acids is 1.